The topological polar surface area (TPSA) is 57.7 Å². The van der Waals surface area contributed by atoms with Crippen LogP contribution in [0, 0.1) is 5.92 Å². The maximum Gasteiger partial charge on any atom is 0.243 e. The molecule has 5 nitrogen and oxygen atoms in total. The first-order valence-corrected chi connectivity index (χ1v) is 9.77. The fourth-order valence-electron chi connectivity index (χ4n) is 3.58. The first-order valence-electron chi connectivity index (χ1n) is 8.33. The highest BCUT2D eigenvalue weighted by Gasteiger charge is 2.36. The first kappa shape index (κ1) is 16.5. The fourth-order valence-corrected chi connectivity index (χ4v) is 5.41. The Morgan fingerprint density at radius 3 is 2.35 bits per heavy atom. The zero-order valence-electron chi connectivity index (χ0n) is 13.7. The summed E-state index contributed by atoms with van der Waals surface area (Å²) in [5, 5.41) is 0. The fraction of sp³-hybridized carbons (Fsp3) is 0.588. The molecule has 1 aromatic carbocycles. The highest BCUT2D eigenvalue weighted by Crippen LogP contribution is 2.31. The van der Waals surface area contributed by atoms with E-state index in [0.29, 0.717) is 30.3 Å². The summed E-state index contributed by atoms with van der Waals surface area (Å²) in [6.45, 7) is 5.45. The Balaban J connectivity index is 1.84. The molecule has 2 aliphatic rings. The Labute approximate surface area is 138 Å². The van der Waals surface area contributed by atoms with Crippen molar-refractivity contribution in [3.05, 3.63) is 24.3 Å². The van der Waals surface area contributed by atoms with E-state index < -0.39 is 10.0 Å². The molecule has 2 heterocycles. The first-order chi connectivity index (χ1) is 10.9. The van der Waals surface area contributed by atoms with Gasteiger partial charge in [-0.1, -0.05) is 13.8 Å². The van der Waals surface area contributed by atoms with Gasteiger partial charge in [0, 0.05) is 31.2 Å². The molecular formula is C17H24N2O3S. The molecule has 6 heteroatoms. The van der Waals surface area contributed by atoms with Gasteiger partial charge in [0.05, 0.1) is 4.90 Å². The van der Waals surface area contributed by atoms with Gasteiger partial charge < -0.3 is 4.90 Å². The summed E-state index contributed by atoms with van der Waals surface area (Å²) in [6.07, 6.45) is 3.28. The van der Waals surface area contributed by atoms with Crippen molar-refractivity contribution in [1.29, 1.82) is 0 Å². The molecule has 23 heavy (non-hydrogen) atoms. The summed E-state index contributed by atoms with van der Waals surface area (Å²) >= 11 is 0. The Kier molecular flexibility index (Phi) is 4.47. The van der Waals surface area contributed by atoms with Crippen molar-refractivity contribution in [3.63, 3.8) is 0 Å². The molecule has 0 aromatic heterocycles. The van der Waals surface area contributed by atoms with Crippen molar-refractivity contribution in [2.45, 2.75) is 50.5 Å². The number of sulfonamides is 1. The van der Waals surface area contributed by atoms with E-state index in [4.69, 9.17) is 0 Å². The van der Waals surface area contributed by atoms with Crippen LogP contribution in [0.4, 0.5) is 5.69 Å². The molecule has 0 aliphatic carbocycles. The Bertz CT molecular complexity index is 682. The standard InChI is InChI=1S/C17H24N2O3S/c1-13(2)16-5-3-12-19(16)23(21,22)15-9-7-14(8-10-15)18-11-4-6-17(18)20/h7-10,13,16H,3-6,11-12H2,1-2H3. The number of rotatable bonds is 4. The minimum Gasteiger partial charge on any atom is -0.312 e. The minimum atomic E-state index is -3.46. The lowest BCUT2D eigenvalue weighted by Gasteiger charge is -2.27. The molecule has 1 aromatic rings. The number of nitrogens with zero attached hydrogens (tertiary/aromatic N) is 2. The number of carbonyl (C=O) groups is 1. The molecule has 1 amide bonds. The molecular weight excluding hydrogens is 312 g/mol. The highest BCUT2D eigenvalue weighted by atomic mass is 32.2. The molecule has 0 N–H and O–H groups in total. The third-order valence-corrected chi connectivity index (χ3v) is 6.78. The van der Waals surface area contributed by atoms with Gasteiger partial charge in [-0.15, -0.1) is 0 Å². The van der Waals surface area contributed by atoms with Gasteiger partial charge in [-0.3, -0.25) is 4.79 Å². The molecule has 0 saturated carbocycles. The van der Waals surface area contributed by atoms with Gasteiger partial charge in [0.2, 0.25) is 15.9 Å². The summed E-state index contributed by atoms with van der Waals surface area (Å²) < 4.78 is 27.4. The number of hydrogen-bond donors (Lipinski definition) is 0. The van der Waals surface area contributed by atoms with Crippen molar-refractivity contribution in [2.24, 2.45) is 5.92 Å². The van der Waals surface area contributed by atoms with Crippen molar-refractivity contribution >= 4 is 21.6 Å². The number of benzene rings is 1. The summed E-state index contributed by atoms with van der Waals surface area (Å²) in [5.41, 5.74) is 0.785. The summed E-state index contributed by atoms with van der Waals surface area (Å²) in [7, 11) is -3.46. The second-order valence-corrected chi connectivity index (χ2v) is 8.60. The summed E-state index contributed by atoms with van der Waals surface area (Å²) in [6, 6.07) is 6.84. The number of carbonyl (C=O) groups excluding carboxylic acids is 1. The van der Waals surface area contributed by atoms with Crippen molar-refractivity contribution in [1.82, 2.24) is 4.31 Å². The van der Waals surface area contributed by atoms with Gasteiger partial charge in [0.25, 0.3) is 0 Å². The molecule has 2 fully saturated rings. The second-order valence-electron chi connectivity index (χ2n) is 6.71. The second kappa shape index (κ2) is 6.24. The third kappa shape index (κ3) is 3.02. The van der Waals surface area contributed by atoms with E-state index in [0.717, 1.165) is 24.9 Å². The van der Waals surface area contributed by atoms with Gasteiger partial charge >= 0.3 is 0 Å². The molecule has 0 radical (unpaired) electrons. The molecule has 2 aliphatic heterocycles. The van der Waals surface area contributed by atoms with Gasteiger partial charge in [-0.25, -0.2) is 8.42 Å². The van der Waals surface area contributed by atoms with Crippen molar-refractivity contribution in [2.75, 3.05) is 18.0 Å². The van der Waals surface area contributed by atoms with E-state index in [-0.39, 0.29) is 11.9 Å². The van der Waals surface area contributed by atoms with Crippen molar-refractivity contribution in [3.8, 4) is 0 Å². The zero-order valence-corrected chi connectivity index (χ0v) is 14.6. The van der Waals surface area contributed by atoms with E-state index in [1.165, 1.54) is 0 Å². The SMILES string of the molecule is CC(C)C1CCCN1S(=O)(=O)c1ccc(N2CCCC2=O)cc1. The monoisotopic (exact) mass is 336 g/mol. The number of hydrogen-bond acceptors (Lipinski definition) is 3. The van der Waals surface area contributed by atoms with E-state index in [1.54, 1.807) is 33.5 Å². The average molecular weight is 336 g/mol. The lowest BCUT2D eigenvalue weighted by molar-refractivity contribution is -0.117. The maximum atomic E-state index is 12.9. The highest BCUT2D eigenvalue weighted by molar-refractivity contribution is 7.89. The Hall–Kier alpha value is -1.40. The van der Waals surface area contributed by atoms with Crippen LogP contribution in [-0.2, 0) is 14.8 Å². The van der Waals surface area contributed by atoms with Crippen LogP contribution >= 0.6 is 0 Å². The maximum absolute atomic E-state index is 12.9. The van der Waals surface area contributed by atoms with Crippen LogP contribution in [0.5, 0.6) is 0 Å². The molecule has 126 valence electrons. The van der Waals surface area contributed by atoms with Gasteiger partial charge in [-0.2, -0.15) is 4.31 Å². The number of anilines is 1. The van der Waals surface area contributed by atoms with Crippen LogP contribution in [0.3, 0.4) is 0 Å². The van der Waals surface area contributed by atoms with Crippen LogP contribution in [-0.4, -0.2) is 37.8 Å². The minimum absolute atomic E-state index is 0.0832. The molecule has 3 rings (SSSR count). The van der Waals surface area contributed by atoms with Crippen LogP contribution < -0.4 is 4.90 Å². The molecule has 1 atom stereocenters. The Morgan fingerprint density at radius 1 is 1.09 bits per heavy atom. The van der Waals surface area contributed by atoms with Crippen LogP contribution in [0.1, 0.15) is 39.5 Å². The normalized spacial score (nSPS) is 23.2. The molecule has 0 bridgehead atoms. The third-order valence-electron chi connectivity index (χ3n) is 4.85. The van der Waals surface area contributed by atoms with Crippen molar-refractivity contribution < 1.29 is 13.2 Å². The predicted molar refractivity (Wildman–Crippen MR) is 89.8 cm³/mol. The smallest absolute Gasteiger partial charge is 0.243 e. The summed E-state index contributed by atoms with van der Waals surface area (Å²) in [4.78, 5) is 13.8. The van der Waals surface area contributed by atoms with Crippen LogP contribution in [0.25, 0.3) is 0 Å². The molecule has 1 unspecified atom stereocenters. The number of amides is 1. The average Bonchev–Trinajstić information content (AvgIpc) is 3.16. The van der Waals surface area contributed by atoms with Crippen LogP contribution in [0.15, 0.2) is 29.2 Å². The van der Waals surface area contributed by atoms with E-state index in [1.807, 2.05) is 0 Å². The van der Waals surface area contributed by atoms with Crippen LogP contribution in [0.2, 0.25) is 0 Å². The van der Waals surface area contributed by atoms with E-state index >= 15 is 0 Å². The Morgan fingerprint density at radius 2 is 1.78 bits per heavy atom. The van der Waals surface area contributed by atoms with Gasteiger partial charge in [0.1, 0.15) is 0 Å². The van der Waals surface area contributed by atoms with Gasteiger partial charge in [0.15, 0.2) is 0 Å². The molecule has 2 saturated heterocycles. The zero-order chi connectivity index (χ0) is 16.6. The van der Waals surface area contributed by atoms with Gasteiger partial charge in [-0.05, 0) is 49.4 Å². The lowest BCUT2D eigenvalue weighted by Crippen LogP contribution is -2.38. The van der Waals surface area contributed by atoms with E-state index in [2.05, 4.69) is 13.8 Å². The predicted octanol–water partition coefficient (Wildman–Crippen LogP) is 2.62. The summed E-state index contributed by atoms with van der Waals surface area (Å²) in [5.74, 6) is 0.425. The van der Waals surface area contributed by atoms with E-state index in [9.17, 15) is 13.2 Å². The lowest BCUT2D eigenvalue weighted by atomic mass is 10.0. The quantitative estimate of drug-likeness (QED) is 0.849. The molecule has 0 spiro atoms. The largest absolute Gasteiger partial charge is 0.312 e.